The van der Waals surface area contributed by atoms with E-state index in [9.17, 15) is 0 Å². The molecule has 1 saturated heterocycles. The standard InChI is InChI=1S/C13H26N2/c1-2-12-7-6-8-13(11-12)14-15-9-4-3-5-10-15/h12-14H,2-11H2,1H3. The molecule has 1 N–H and O–H groups in total. The molecule has 2 rings (SSSR count). The van der Waals surface area contributed by atoms with Crippen molar-refractivity contribution in [3.05, 3.63) is 0 Å². The van der Waals surface area contributed by atoms with E-state index in [-0.39, 0.29) is 0 Å². The quantitative estimate of drug-likeness (QED) is 0.770. The van der Waals surface area contributed by atoms with Gasteiger partial charge in [0.1, 0.15) is 0 Å². The second-order valence-electron chi connectivity index (χ2n) is 5.31. The van der Waals surface area contributed by atoms with Gasteiger partial charge in [0.05, 0.1) is 0 Å². The maximum absolute atomic E-state index is 3.76. The second-order valence-corrected chi connectivity index (χ2v) is 5.31. The van der Waals surface area contributed by atoms with Crippen LogP contribution in [0.15, 0.2) is 0 Å². The summed E-state index contributed by atoms with van der Waals surface area (Å²) in [5.41, 5.74) is 3.76. The van der Waals surface area contributed by atoms with Gasteiger partial charge in [-0.1, -0.05) is 32.6 Å². The Morgan fingerprint density at radius 1 is 1.07 bits per heavy atom. The van der Waals surface area contributed by atoms with E-state index in [0.29, 0.717) is 0 Å². The lowest BCUT2D eigenvalue weighted by atomic mass is 9.84. The molecule has 0 radical (unpaired) electrons. The molecular weight excluding hydrogens is 184 g/mol. The molecule has 0 bridgehead atoms. The van der Waals surface area contributed by atoms with Gasteiger partial charge >= 0.3 is 0 Å². The molecule has 1 aliphatic carbocycles. The van der Waals surface area contributed by atoms with Crippen LogP contribution in [-0.2, 0) is 0 Å². The van der Waals surface area contributed by atoms with E-state index in [1.165, 1.54) is 64.5 Å². The molecule has 2 fully saturated rings. The molecule has 2 aliphatic rings. The predicted octanol–water partition coefficient (Wildman–Crippen LogP) is 2.95. The summed E-state index contributed by atoms with van der Waals surface area (Å²) in [6.45, 7) is 4.88. The first-order valence-corrected chi connectivity index (χ1v) is 6.89. The third kappa shape index (κ3) is 3.46. The molecule has 1 saturated carbocycles. The van der Waals surface area contributed by atoms with Crippen LogP contribution in [0.5, 0.6) is 0 Å². The topological polar surface area (TPSA) is 15.3 Å². The number of hydrazine groups is 1. The normalized spacial score (nSPS) is 34.2. The molecule has 0 aromatic heterocycles. The summed E-state index contributed by atoms with van der Waals surface area (Å²) in [6, 6.07) is 0.779. The molecule has 0 aromatic rings. The van der Waals surface area contributed by atoms with Gasteiger partial charge in [0, 0.05) is 19.1 Å². The van der Waals surface area contributed by atoms with E-state index < -0.39 is 0 Å². The van der Waals surface area contributed by atoms with Crippen molar-refractivity contribution in [3.63, 3.8) is 0 Å². The fourth-order valence-electron chi connectivity index (χ4n) is 3.06. The maximum atomic E-state index is 3.76. The molecule has 88 valence electrons. The van der Waals surface area contributed by atoms with Crippen LogP contribution < -0.4 is 5.43 Å². The zero-order valence-corrected chi connectivity index (χ0v) is 10.2. The first kappa shape index (κ1) is 11.4. The number of rotatable bonds is 3. The van der Waals surface area contributed by atoms with E-state index >= 15 is 0 Å². The Morgan fingerprint density at radius 3 is 2.60 bits per heavy atom. The maximum Gasteiger partial charge on any atom is 0.0217 e. The lowest BCUT2D eigenvalue weighted by molar-refractivity contribution is 0.103. The van der Waals surface area contributed by atoms with Gasteiger partial charge in [0.2, 0.25) is 0 Å². The van der Waals surface area contributed by atoms with Crippen molar-refractivity contribution < 1.29 is 0 Å². The summed E-state index contributed by atoms with van der Waals surface area (Å²) in [4.78, 5) is 0. The Labute approximate surface area is 94.4 Å². The molecule has 2 unspecified atom stereocenters. The summed E-state index contributed by atoms with van der Waals surface area (Å²) >= 11 is 0. The van der Waals surface area contributed by atoms with Crippen LogP contribution in [0, 0.1) is 5.92 Å². The van der Waals surface area contributed by atoms with Crippen molar-refractivity contribution in [1.82, 2.24) is 10.4 Å². The SMILES string of the molecule is CCC1CCCC(NN2CCCCC2)C1. The molecule has 0 amide bonds. The lowest BCUT2D eigenvalue weighted by Gasteiger charge is -2.35. The van der Waals surface area contributed by atoms with E-state index in [4.69, 9.17) is 0 Å². The van der Waals surface area contributed by atoms with Crippen molar-refractivity contribution in [2.75, 3.05) is 13.1 Å². The Hall–Kier alpha value is -0.0800. The second kappa shape index (κ2) is 5.86. The summed E-state index contributed by atoms with van der Waals surface area (Å²) in [5, 5.41) is 2.48. The van der Waals surface area contributed by atoms with E-state index in [0.717, 1.165) is 12.0 Å². The van der Waals surface area contributed by atoms with Crippen LogP contribution in [0.1, 0.15) is 58.3 Å². The van der Waals surface area contributed by atoms with E-state index in [2.05, 4.69) is 17.4 Å². The molecule has 1 aliphatic heterocycles. The molecule has 2 heteroatoms. The van der Waals surface area contributed by atoms with Crippen LogP contribution in [0.3, 0.4) is 0 Å². The zero-order valence-electron chi connectivity index (χ0n) is 10.2. The molecule has 1 heterocycles. The summed E-state index contributed by atoms with van der Waals surface area (Å²) < 4.78 is 0. The average Bonchev–Trinajstić information content (AvgIpc) is 2.31. The number of nitrogens with one attached hydrogen (secondary N) is 1. The smallest absolute Gasteiger partial charge is 0.0217 e. The Kier molecular flexibility index (Phi) is 4.45. The number of hydrogen-bond donors (Lipinski definition) is 1. The Balaban J connectivity index is 1.72. The fourth-order valence-corrected chi connectivity index (χ4v) is 3.06. The van der Waals surface area contributed by atoms with E-state index in [1.807, 2.05) is 0 Å². The highest BCUT2D eigenvalue weighted by molar-refractivity contribution is 4.77. The van der Waals surface area contributed by atoms with Gasteiger partial charge in [0.15, 0.2) is 0 Å². The van der Waals surface area contributed by atoms with Gasteiger partial charge in [-0.3, -0.25) is 5.43 Å². The van der Waals surface area contributed by atoms with Crippen LogP contribution in [0.25, 0.3) is 0 Å². The van der Waals surface area contributed by atoms with Crippen LogP contribution in [0.2, 0.25) is 0 Å². The highest BCUT2D eigenvalue weighted by Crippen LogP contribution is 2.26. The van der Waals surface area contributed by atoms with Crippen molar-refractivity contribution in [2.45, 2.75) is 64.3 Å². The van der Waals surface area contributed by atoms with Crippen LogP contribution in [-0.4, -0.2) is 24.1 Å². The first-order valence-electron chi connectivity index (χ1n) is 6.89. The number of nitrogens with zero attached hydrogens (tertiary/aromatic N) is 1. The minimum atomic E-state index is 0.779. The van der Waals surface area contributed by atoms with Gasteiger partial charge in [-0.25, -0.2) is 5.01 Å². The minimum absolute atomic E-state index is 0.779. The summed E-state index contributed by atoms with van der Waals surface area (Å²) in [5.74, 6) is 0.987. The third-order valence-electron chi connectivity index (χ3n) is 4.08. The van der Waals surface area contributed by atoms with Crippen molar-refractivity contribution in [3.8, 4) is 0 Å². The summed E-state index contributed by atoms with van der Waals surface area (Å²) in [7, 11) is 0. The zero-order chi connectivity index (χ0) is 10.5. The number of piperidine rings is 1. The van der Waals surface area contributed by atoms with Crippen molar-refractivity contribution in [1.29, 1.82) is 0 Å². The van der Waals surface area contributed by atoms with Gasteiger partial charge in [0.25, 0.3) is 0 Å². The van der Waals surface area contributed by atoms with Crippen LogP contribution in [0.4, 0.5) is 0 Å². The van der Waals surface area contributed by atoms with Crippen LogP contribution >= 0.6 is 0 Å². The average molecular weight is 210 g/mol. The van der Waals surface area contributed by atoms with Gasteiger partial charge in [-0.2, -0.15) is 0 Å². The molecule has 15 heavy (non-hydrogen) atoms. The largest absolute Gasteiger partial charge is 0.252 e. The lowest BCUT2D eigenvalue weighted by Crippen LogP contribution is -2.48. The highest BCUT2D eigenvalue weighted by atomic mass is 15.5. The van der Waals surface area contributed by atoms with Gasteiger partial charge in [-0.05, 0) is 31.6 Å². The molecule has 2 atom stereocenters. The van der Waals surface area contributed by atoms with Crippen molar-refractivity contribution in [2.24, 2.45) is 5.92 Å². The third-order valence-corrected chi connectivity index (χ3v) is 4.08. The Morgan fingerprint density at radius 2 is 1.87 bits per heavy atom. The van der Waals surface area contributed by atoms with E-state index in [1.54, 1.807) is 0 Å². The van der Waals surface area contributed by atoms with Crippen molar-refractivity contribution >= 4 is 0 Å². The molecule has 0 spiro atoms. The first-order chi connectivity index (χ1) is 7.38. The predicted molar refractivity (Wildman–Crippen MR) is 64.6 cm³/mol. The molecule has 2 nitrogen and oxygen atoms in total. The Bertz CT molecular complexity index is 175. The minimum Gasteiger partial charge on any atom is -0.252 e. The monoisotopic (exact) mass is 210 g/mol. The molecule has 0 aromatic carbocycles. The fraction of sp³-hybridized carbons (Fsp3) is 1.00. The highest BCUT2D eigenvalue weighted by Gasteiger charge is 2.22. The van der Waals surface area contributed by atoms with Gasteiger partial charge in [-0.15, -0.1) is 0 Å². The number of hydrogen-bond acceptors (Lipinski definition) is 2. The summed E-state index contributed by atoms with van der Waals surface area (Å²) in [6.07, 6.45) is 11.3. The van der Waals surface area contributed by atoms with Gasteiger partial charge < -0.3 is 0 Å². The molecular formula is C13H26N2.